The monoisotopic (exact) mass is 252 g/mol. The van der Waals surface area contributed by atoms with Gasteiger partial charge < -0.3 is 15.5 Å². The molecule has 2 rings (SSSR count). The van der Waals surface area contributed by atoms with Crippen LogP contribution in [0.3, 0.4) is 0 Å². The van der Waals surface area contributed by atoms with Gasteiger partial charge in [-0.25, -0.2) is 0 Å². The lowest BCUT2D eigenvalue weighted by atomic mass is 10.4. The highest BCUT2D eigenvalue weighted by atomic mass is 15.2. The first-order chi connectivity index (χ1) is 8.88. The lowest BCUT2D eigenvalue weighted by molar-refractivity contribution is 0.334. The van der Waals surface area contributed by atoms with Gasteiger partial charge in [0.2, 0.25) is 0 Å². The Kier molecular flexibility index (Phi) is 5.78. The molecule has 0 aromatic carbocycles. The highest BCUT2D eigenvalue weighted by Crippen LogP contribution is 2.28. The second kappa shape index (κ2) is 7.62. The van der Waals surface area contributed by atoms with E-state index in [0.29, 0.717) is 0 Å². The minimum absolute atomic E-state index is 0.866. The molecule has 0 amide bonds. The molecule has 0 atom stereocenters. The van der Waals surface area contributed by atoms with Crippen LogP contribution in [0.15, 0.2) is 4.99 Å². The molecule has 2 N–H and O–H groups in total. The predicted octanol–water partition coefficient (Wildman–Crippen LogP) is 1.44. The van der Waals surface area contributed by atoms with Crippen molar-refractivity contribution in [2.24, 2.45) is 10.9 Å². The Morgan fingerprint density at radius 3 is 2.67 bits per heavy atom. The van der Waals surface area contributed by atoms with E-state index < -0.39 is 0 Å². The first kappa shape index (κ1) is 13.7. The Labute approximate surface area is 111 Å². The number of guanidine groups is 1. The number of nitrogens with zero attached hydrogens (tertiary/aromatic N) is 2. The molecule has 2 aliphatic rings. The molecule has 104 valence electrons. The maximum Gasteiger partial charge on any atom is 0.191 e. The largest absolute Gasteiger partial charge is 0.357 e. The van der Waals surface area contributed by atoms with Gasteiger partial charge in [0.05, 0.1) is 0 Å². The summed E-state index contributed by atoms with van der Waals surface area (Å²) in [5.74, 6) is 1.87. The van der Waals surface area contributed by atoms with Crippen molar-refractivity contribution in [2.45, 2.75) is 39.0 Å². The SMILES string of the molecule is CCNC(=NCC1CC1)NCCCN1CCCC1. The molecule has 0 aromatic rings. The van der Waals surface area contributed by atoms with Crippen molar-refractivity contribution in [3.8, 4) is 0 Å². The van der Waals surface area contributed by atoms with E-state index in [9.17, 15) is 0 Å². The molecule has 0 radical (unpaired) electrons. The molecule has 0 bridgehead atoms. The number of rotatable bonds is 7. The third-order valence-corrected chi connectivity index (χ3v) is 3.69. The molecule has 4 heteroatoms. The first-order valence-corrected chi connectivity index (χ1v) is 7.63. The fourth-order valence-electron chi connectivity index (χ4n) is 2.38. The second-order valence-corrected chi connectivity index (χ2v) is 5.49. The Morgan fingerprint density at radius 1 is 1.22 bits per heavy atom. The number of nitrogens with one attached hydrogen (secondary N) is 2. The molecule has 1 aliphatic heterocycles. The fraction of sp³-hybridized carbons (Fsp3) is 0.929. The van der Waals surface area contributed by atoms with Crippen molar-refractivity contribution in [3.63, 3.8) is 0 Å². The van der Waals surface area contributed by atoms with Gasteiger partial charge in [0.15, 0.2) is 5.96 Å². The van der Waals surface area contributed by atoms with Crippen LogP contribution in [0.25, 0.3) is 0 Å². The smallest absolute Gasteiger partial charge is 0.191 e. The van der Waals surface area contributed by atoms with Crippen LogP contribution in [0.2, 0.25) is 0 Å². The average Bonchev–Trinajstić information content (AvgIpc) is 3.06. The van der Waals surface area contributed by atoms with Gasteiger partial charge in [-0.3, -0.25) is 4.99 Å². The first-order valence-electron chi connectivity index (χ1n) is 7.63. The Morgan fingerprint density at radius 2 is 2.00 bits per heavy atom. The summed E-state index contributed by atoms with van der Waals surface area (Å²) in [6.07, 6.45) is 6.74. The molecule has 18 heavy (non-hydrogen) atoms. The van der Waals surface area contributed by atoms with E-state index in [1.54, 1.807) is 0 Å². The third kappa shape index (κ3) is 5.25. The molecule has 2 fully saturated rings. The van der Waals surface area contributed by atoms with Gasteiger partial charge in [0.1, 0.15) is 0 Å². The highest BCUT2D eigenvalue weighted by molar-refractivity contribution is 5.79. The van der Waals surface area contributed by atoms with E-state index in [0.717, 1.165) is 31.5 Å². The average molecular weight is 252 g/mol. The quantitative estimate of drug-likeness (QED) is 0.409. The molecule has 0 unspecified atom stereocenters. The van der Waals surface area contributed by atoms with Crippen molar-refractivity contribution in [3.05, 3.63) is 0 Å². The van der Waals surface area contributed by atoms with Crippen molar-refractivity contribution in [2.75, 3.05) is 39.3 Å². The molecular weight excluding hydrogens is 224 g/mol. The summed E-state index contributed by atoms with van der Waals surface area (Å²) in [6, 6.07) is 0. The lowest BCUT2D eigenvalue weighted by Crippen LogP contribution is -2.38. The van der Waals surface area contributed by atoms with E-state index in [-0.39, 0.29) is 0 Å². The van der Waals surface area contributed by atoms with Gasteiger partial charge in [-0.15, -0.1) is 0 Å². The fourth-order valence-corrected chi connectivity index (χ4v) is 2.38. The van der Waals surface area contributed by atoms with E-state index in [1.807, 2.05) is 0 Å². The Hall–Kier alpha value is -0.770. The summed E-state index contributed by atoms with van der Waals surface area (Å²) in [5.41, 5.74) is 0. The predicted molar refractivity (Wildman–Crippen MR) is 77.0 cm³/mol. The summed E-state index contributed by atoms with van der Waals surface area (Å²) < 4.78 is 0. The second-order valence-electron chi connectivity index (χ2n) is 5.49. The summed E-state index contributed by atoms with van der Waals surface area (Å²) in [7, 11) is 0. The van der Waals surface area contributed by atoms with Gasteiger partial charge in [0.25, 0.3) is 0 Å². The topological polar surface area (TPSA) is 39.7 Å². The van der Waals surface area contributed by atoms with Crippen LogP contribution in [0.5, 0.6) is 0 Å². The zero-order chi connectivity index (χ0) is 12.6. The number of hydrogen-bond acceptors (Lipinski definition) is 2. The Bertz CT molecular complexity index is 255. The zero-order valence-electron chi connectivity index (χ0n) is 11.7. The zero-order valence-corrected chi connectivity index (χ0v) is 11.7. The van der Waals surface area contributed by atoms with Crippen LogP contribution in [-0.4, -0.2) is 50.1 Å². The van der Waals surface area contributed by atoms with Crippen LogP contribution in [0, 0.1) is 5.92 Å². The molecular formula is C14H28N4. The van der Waals surface area contributed by atoms with Crippen molar-refractivity contribution in [1.29, 1.82) is 0 Å². The molecule has 1 saturated heterocycles. The van der Waals surface area contributed by atoms with Crippen molar-refractivity contribution < 1.29 is 0 Å². The normalized spacial score (nSPS) is 21.3. The van der Waals surface area contributed by atoms with Crippen LogP contribution in [-0.2, 0) is 0 Å². The minimum Gasteiger partial charge on any atom is -0.357 e. The number of likely N-dealkylation sites (tertiary alicyclic amines) is 1. The molecule has 1 heterocycles. The molecule has 4 nitrogen and oxygen atoms in total. The van der Waals surface area contributed by atoms with Crippen molar-refractivity contribution >= 4 is 5.96 Å². The van der Waals surface area contributed by atoms with Gasteiger partial charge in [0, 0.05) is 19.6 Å². The minimum atomic E-state index is 0.866. The van der Waals surface area contributed by atoms with Crippen LogP contribution in [0.4, 0.5) is 0 Å². The summed E-state index contributed by atoms with van der Waals surface area (Å²) >= 11 is 0. The van der Waals surface area contributed by atoms with E-state index in [2.05, 4.69) is 27.4 Å². The van der Waals surface area contributed by atoms with Gasteiger partial charge >= 0.3 is 0 Å². The van der Waals surface area contributed by atoms with Crippen LogP contribution in [0.1, 0.15) is 39.0 Å². The van der Waals surface area contributed by atoms with E-state index >= 15 is 0 Å². The van der Waals surface area contributed by atoms with E-state index in [4.69, 9.17) is 0 Å². The maximum absolute atomic E-state index is 4.63. The van der Waals surface area contributed by atoms with Crippen molar-refractivity contribution in [1.82, 2.24) is 15.5 Å². The Balaban J connectivity index is 1.57. The molecule has 0 spiro atoms. The molecule has 1 saturated carbocycles. The number of hydrogen-bond donors (Lipinski definition) is 2. The van der Waals surface area contributed by atoms with E-state index in [1.165, 1.54) is 51.7 Å². The van der Waals surface area contributed by atoms with Gasteiger partial charge in [-0.1, -0.05) is 0 Å². The van der Waals surface area contributed by atoms with Crippen LogP contribution >= 0.6 is 0 Å². The molecule has 1 aliphatic carbocycles. The number of aliphatic imine (C=N–C) groups is 1. The standard InChI is InChI=1S/C14H28N4/c1-2-15-14(17-12-13-6-7-13)16-8-5-11-18-9-3-4-10-18/h13H,2-12H2,1H3,(H2,15,16,17). The third-order valence-electron chi connectivity index (χ3n) is 3.69. The van der Waals surface area contributed by atoms with Gasteiger partial charge in [-0.05, 0) is 64.6 Å². The summed E-state index contributed by atoms with van der Waals surface area (Å²) in [5, 5.41) is 6.76. The summed E-state index contributed by atoms with van der Waals surface area (Å²) in [4.78, 5) is 7.19. The maximum atomic E-state index is 4.63. The molecule has 0 aromatic heterocycles. The van der Waals surface area contributed by atoms with Gasteiger partial charge in [-0.2, -0.15) is 0 Å². The highest BCUT2D eigenvalue weighted by Gasteiger charge is 2.20. The van der Waals surface area contributed by atoms with Crippen LogP contribution < -0.4 is 10.6 Å². The lowest BCUT2D eigenvalue weighted by Gasteiger charge is -2.15. The summed E-state index contributed by atoms with van der Waals surface area (Å²) in [6.45, 7) is 8.94.